The number of anilines is 1. The highest BCUT2D eigenvalue weighted by molar-refractivity contribution is 5.49. The van der Waals surface area contributed by atoms with Gasteiger partial charge in [-0.2, -0.15) is 0 Å². The van der Waals surface area contributed by atoms with E-state index in [1.54, 1.807) is 6.07 Å². The van der Waals surface area contributed by atoms with Crippen LogP contribution in [0.3, 0.4) is 0 Å². The monoisotopic (exact) mass is 298 g/mol. The summed E-state index contributed by atoms with van der Waals surface area (Å²) in [6, 6.07) is 5.31. The molecule has 0 saturated heterocycles. The zero-order valence-electron chi connectivity index (χ0n) is 13.1. The van der Waals surface area contributed by atoms with Crippen molar-refractivity contribution >= 4 is 5.69 Å². The van der Waals surface area contributed by atoms with Crippen LogP contribution >= 0.6 is 0 Å². The van der Waals surface area contributed by atoms with Gasteiger partial charge in [0.25, 0.3) is 0 Å². The van der Waals surface area contributed by atoms with Crippen molar-refractivity contribution in [2.24, 2.45) is 5.73 Å². The first-order valence-electron chi connectivity index (χ1n) is 7.61. The van der Waals surface area contributed by atoms with Crippen LogP contribution in [-0.2, 0) is 15.9 Å². The van der Waals surface area contributed by atoms with Crippen molar-refractivity contribution in [3.63, 3.8) is 0 Å². The predicted molar refractivity (Wildman–Crippen MR) is 84.4 cm³/mol. The molecule has 0 aliphatic carbocycles. The Hall–Kier alpha value is -1.17. The van der Waals surface area contributed by atoms with Gasteiger partial charge in [-0.3, -0.25) is 0 Å². The van der Waals surface area contributed by atoms with Gasteiger partial charge in [-0.25, -0.2) is 4.39 Å². The second kappa shape index (κ2) is 10.5. The molecule has 5 heteroatoms. The summed E-state index contributed by atoms with van der Waals surface area (Å²) in [6.07, 6.45) is 0.690. The summed E-state index contributed by atoms with van der Waals surface area (Å²) in [5.74, 6) is -0.214. The Morgan fingerprint density at radius 2 is 1.71 bits per heavy atom. The van der Waals surface area contributed by atoms with E-state index in [2.05, 4.69) is 0 Å². The molecule has 0 amide bonds. The average Bonchev–Trinajstić information content (AvgIpc) is 2.47. The fourth-order valence-electron chi connectivity index (χ4n) is 2.12. The Labute approximate surface area is 127 Å². The third kappa shape index (κ3) is 6.42. The van der Waals surface area contributed by atoms with E-state index in [9.17, 15) is 4.39 Å². The minimum atomic E-state index is -0.214. The van der Waals surface area contributed by atoms with Crippen LogP contribution < -0.4 is 10.6 Å². The largest absolute Gasteiger partial charge is 0.380 e. The zero-order chi connectivity index (χ0) is 15.5. The number of hydrogen-bond donors (Lipinski definition) is 1. The summed E-state index contributed by atoms with van der Waals surface area (Å²) < 4.78 is 25.0. The van der Waals surface area contributed by atoms with Crippen LogP contribution in [0.2, 0.25) is 0 Å². The van der Waals surface area contributed by atoms with Crippen LogP contribution in [0.15, 0.2) is 18.2 Å². The Balaban J connectivity index is 2.74. The van der Waals surface area contributed by atoms with Crippen molar-refractivity contribution < 1.29 is 13.9 Å². The molecule has 0 aliphatic rings. The van der Waals surface area contributed by atoms with Gasteiger partial charge >= 0.3 is 0 Å². The molecule has 0 atom stereocenters. The van der Waals surface area contributed by atoms with Crippen LogP contribution in [0.1, 0.15) is 19.4 Å². The third-order valence-electron chi connectivity index (χ3n) is 3.21. The lowest BCUT2D eigenvalue weighted by Crippen LogP contribution is -2.31. The zero-order valence-corrected chi connectivity index (χ0v) is 13.1. The minimum Gasteiger partial charge on any atom is -0.380 e. The van der Waals surface area contributed by atoms with E-state index >= 15 is 0 Å². The van der Waals surface area contributed by atoms with Gasteiger partial charge in [0, 0.05) is 26.3 Å². The molecule has 1 aromatic rings. The molecule has 0 heterocycles. The first-order chi connectivity index (χ1) is 10.2. The minimum absolute atomic E-state index is 0.214. The van der Waals surface area contributed by atoms with E-state index in [0.717, 1.165) is 5.56 Å². The van der Waals surface area contributed by atoms with E-state index in [1.165, 1.54) is 0 Å². The second-order valence-electron chi connectivity index (χ2n) is 4.71. The van der Waals surface area contributed by atoms with Crippen molar-refractivity contribution in [1.29, 1.82) is 0 Å². The molecule has 1 aromatic carbocycles. The van der Waals surface area contributed by atoms with Crippen molar-refractivity contribution in [2.75, 3.05) is 51.0 Å². The Morgan fingerprint density at radius 3 is 2.19 bits per heavy atom. The molecular formula is C16H27FN2O2. The van der Waals surface area contributed by atoms with Crippen LogP contribution in [0.25, 0.3) is 0 Å². The first kappa shape index (κ1) is 17.9. The molecule has 0 radical (unpaired) electrons. The Bertz CT molecular complexity index is 392. The lowest BCUT2D eigenvalue weighted by molar-refractivity contribution is 0.141. The molecule has 0 fully saturated rings. The SMILES string of the molecule is CCOCCN(CCOCC)c1ccc(CCN)cc1F. The molecule has 0 aromatic heterocycles. The maximum atomic E-state index is 14.3. The van der Waals surface area contributed by atoms with E-state index in [1.807, 2.05) is 30.9 Å². The molecule has 0 spiro atoms. The maximum Gasteiger partial charge on any atom is 0.146 e. The molecule has 21 heavy (non-hydrogen) atoms. The fourth-order valence-corrected chi connectivity index (χ4v) is 2.12. The van der Waals surface area contributed by atoms with Gasteiger partial charge in [0.15, 0.2) is 0 Å². The molecular weight excluding hydrogens is 271 g/mol. The van der Waals surface area contributed by atoms with Gasteiger partial charge in [0.1, 0.15) is 5.82 Å². The smallest absolute Gasteiger partial charge is 0.146 e. The number of halogens is 1. The quantitative estimate of drug-likeness (QED) is 0.636. The number of nitrogens with zero attached hydrogens (tertiary/aromatic N) is 1. The number of ether oxygens (including phenoxy) is 2. The van der Waals surface area contributed by atoms with Gasteiger partial charge in [-0.15, -0.1) is 0 Å². The highest BCUT2D eigenvalue weighted by Crippen LogP contribution is 2.20. The average molecular weight is 298 g/mol. The summed E-state index contributed by atoms with van der Waals surface area (Å²) >= 11 is 0. The van der Waals surface area contributed by atoms with Gasteiger partial charge in [-0.1, -0.05) is 6.07 Å². The molecule has 0 bridgehead atoms. The number of benzene rings is 1. The first-order valence-corrected chi connectivity index (χ1v) is 7.61. The van der Waals surface area contributed by atoms with Crippen molar-refractivity contribution in [3.05, 3.63) is 29.6 Å². The maximum absolute atomic E-state index is 14.3. The van der Waals surface area contributed by atoms with Gasteiger partial charge in [0.05, 0.1) is 18.9 Å². The molecule has 4 nitrogen and oxygen atoms in total. The topological polar surface area (TPSA) is 47.7 Å². The lowest BCUT2D eigenvalue weighted by Gasteiger charge is -2.25. The predicted octanol–water partition coefficient (Wildman–Crippen LogP) is 2.21. The fraction of sp³-hybridized carbons (Fsp3) is 0.625. The number of rotatable bonds is 11. The molecule has 1 rings (SSSR count). The Kier molecular flexibility index (Phi) is 8.98. The third-order valence-corrected chi connectivity index (χ3v) is 3.21. The van der Waals surface area contributed by atoms with E-state index < -0.39 is 0 Å². The normalized spacial score (nSPS) is 10.9. The van der Waals surface area contributed by atoms with Gasteiger partial charge in [0.2, 0.25) is 0 Å². The summed E-state index contributed by atoms with van der Waals surface area (Å²) in [6.45, 7) is 8.20. The van der Waals surface area contributed by atoms with Crippen molar-refractivity contribution in [3.8, 4) is 0 Å². The van der Waals surface area contributed by atoms with Crippen molar-refractivity contribution in [1.82, 2.24) is 0 Å². The number of hydrogen-bond acceptors (Lipinski definition) is 4. The van der Waals surface area contributed by atoms with Crippen LogP contribution in [0.5, 0.6) is 0 Å². The summed E-state index contributed by atoms with van der Waals surface area (Å²) in [4.78, 5) is 1.97. The Morgan fingerprint density at radius 1 is 1.10 bits per heavy atom. The van der Waals surface area contributed by atoms with Crippen LogP contribution in [0.4, 0.5) is 10.1 Å². The van der Waals surface area contributed by atoms with Crippen LogP contribution in [0, 0.1) is 5.82 Å². The van der Waals surface area contributed by atoms with E-state index in [-0.39, 0.29) is 5.82 Å². The summed E-state index contributed by atoms with van der Waals surface area (Å²) in [5, 5.41) is 0. The summed E-state index contributed by atoms with van der Waals surface area (Å²) in [5.41, 5.74) is 7.02. The highest BCUT2D eigenvalue weighted by atomic mass is 19.1. The van der Waals surface area contributed by atoms with E-state index in [4.69, 9.17) is 15.2 Å². The summed E-state index contributed by atoms with van der Waals surface area (Å²) in [7, 11) is 0. The standard InChI is InChI=1S/C16H27FN2O2/c1-3-20-11-9-19(10-12-21-4-2)16-6-5-14(7-8-18)13-15(16)17/h5-6,13H,3-4,7-12,18H2,1-2H3. The van der Waals surface area contributed by atoms with Crippen molar-refractivity contribution in [2.45, 2.75) is 20.3 Å². The molecule has 0 saturated carbocycles. The lowest BCUT2D eigenvalue weighted by atomic mass is 10.1. The molecule has 0 unspecified atom stereocenters. The molecule has 120 valence electrons. The van der Waals surface area contributed by atoms with Gasteiger partial charge < -0.3 is 20.1 Å². The van der Waals surface area contributed by atoms with E-state index in [0.29, 0.717) is 58.2 Å². The van der Waals surface area contributed by atoms with Crippen LogP contribution in [-0.4, -0.2) is 46.1 Å². The second-order valence-corrected chi connectivity index (χ2v) is 4.71. The molecule has 0 aliphatic heterocycles. The van der Waals surface area contributed by atoms with Gasteiger partial charge in [-0.05, 0) is 44.5 Å². The highest BCUT2D eigenvalue weighted by Gasteiger charge is 2.12. The number of nitrogens with two attached hydrogens (primary N) is 1. The molecule has 2 N–H and O–H groups in total.